The fraction of sp³-hybridized carbons (Fsp3) is 0.0667. The minimum Gasteiger partial charge on any atom is -0.452 e. The molecule has 1 aromatic carbocycles. The molecule has 1 unspecified atom stereocenters. The zero-order valence-electron chi connectivity index (χ0n) is 11.2. The number of halogens is 2. The maximum absolute atomic E-state index is 5.70. The topological polar surface area (TPSA) is 55.9 Å². The number of nitrogens with one attached hydrogen (secondary N) is 1. The largest absolute Gasteiger partial charge is 0.452 e. The molecule has 5 nitrogen and oxygen atoms in total. The molecule has 0 saturated carbocycles. The Kier molecular flexibility index (Phi) is 3.38. The van der Waals surface area contributed by atoms with Crippen molar-refractivity contribution in [2.75, 3.05) is 5.32 Å². The molecule has 0 amide bonds. The van der Waals surface area contributed by atoms with Gasteiger partial charge in [0.25, 0.3) is 0 Å². The summed E-state index contributed by atoms with van der Waals surface area (Å²) in [6.45, 7) is 0. The Morgan fingerprint density at radius 2 is 1.91 bits per heavy atom. The number of anilines is 1. The third-order valence-electron chi connectivity index (χ3n) is 3.45. The average Bonchev–Trinajstić information content (AvgIpc) is 3.15. The lowest BCUT2D eigenvalue weighted by Gasteiger charge is -2.22. The number of aromatic nitrogens is 3. The maximum Gasteiger partial charge on any atom is 0.226 e. The molecule has 0 fully saturated rings. The molecule has 0 bridgehead atoms. The van der Waals surface area contributed by atoms with Crippen LogP contribution in [0.15, 0.2) is 62.4 Å². The molecular formula is C15H10Br2N4O. The van der Waals surface area contributed by atoms with E-state index in [0.29, 0.717) is 10.6 Å². The Labute approximate surface area is 143 Å². The van der Waals surface area contributed by atoms with Crippen LogP contribution in [0.1, 0.15) is 17.4 Å². The Bertz CT molecular complexity index is 851. The minimum absolute atomic E-state index is 0.135. The summed E-state index contributed by atoms with van der Waals surface area (Å²) in [5, 5.41) is 7.58. The van der Waals surface area contributed by atoms with E-state index < -0.39 is 0 Å². The summed E-state index contributed by atoms with van der Waals surface area (Å²) in [5.41, 5.74) is 2.05. The number of hydrogen-bond donors (Lipinski definition) is 1. The number of benzene rings is 1. The Morgan fingerprint density at radius 3 is 2.64 bits per heavy atom. The summed E-state index contributed by atoms with van der Waals surface area (Å²) in [7, 11) is 0. The van der Waals surface area contributed by atoms with Crippen molar-refractivity contribution in [3.63, 3.8) is 0 Å². The van der Waals surface area contributed by atoms with Gasteiger partial charge in [-0.1, -0.05) is 28.1 Å². The molecule has 1 aliphatic rings. The minimum atomic E-state index is -0.135. The van der Waals surface area contributed by atoms with E-state index in [4.69, 9.17) is 4.42 Å². The lowest BCUT2D eigenvalue weighted by molar-refractivity contribution is 0.434. The second kappa shape index (κ2) is 5.40. The van der Waals surface area contributed by atoms with E-state index in [2.05, 4.69) is 53.3 Å². The number of allylic oxidation sites excluding steroid dienone is 1. The van der Waals surface area contributed by atoms with Crippen molar-refractivity contribution in [3.05, 3.63) is 69.3 Å². The van der Waals surface area contributed by atoms with Gasteiger partial charge in [0, 0.05) is 10.2 Å². The van der Waals surface area contributed by atoms with Gasteiger partial charge in [-0.05, 0) is 51.8 Å². The Hall–Kier alpha value is -1.86. The van der Waals surface area contributed by atoms with Gasteiger partial charge in [0.05, 0.1) is 0 Å². The second-order valence-corrected chi connectivity index (χ2v) is 6.52. The Morgan fingerprint density at radius 1 is 1.09 bits per heavy atom. The predicted octanol–water partition coefficient (Wildman–Crippen LogP) is 4.45. The fourth-order valence-electron chi connectivity index (χ4n) is 2.42. The van der Waals surface area contributed by atoms with E-state index >= 15 is 0 Å². The van der Waals surface area contributed by atoms with Gasteiger partial charge in [0.15, 0.2) is 4.67 Å². The highest BCUT2D eigenvalue weighted by molar-refractivity contribution is 9.10. The summed E-state index contributed by atoms with van der Waals surface area (Å²) in [5.74, 6) is 1.49. The SMILES string of the molecule is Brc1ccc(C2=CC(c3ccc(Br)o3)n3ncnc3N2)cc1. The molecule has 22 heavy (non-hydrogen) atoms. The highest BCUT2D eigenvalue weighted by Crippen LogP contribution is 2.33. The van der Waals surface area contributed by atoms with Crippen LogP contribution in [0.4, 0.5) is 5.95 Å². The standard InChI is InChI=1S/C15H10Br2N4O/c16-10-3-1-9(2-4-10)11-7-12(13-5-6-14(17)22-13)21-15(20-11)18-8-19-21/h1-8,12H,(H,18,19,20). The predicted molar refractivity (Wildman–Crippen MR) is 90.3 cm³/mol. The first-order chi connectivity index (χ1) is 10.7. The quantitative estimate of drug-likeness (QED) is 0.663. The summed E-state index contributed by atoms with van der Waals surface area (Å²) >= 11 is 6.80. The molecule has 0 radical (unpaired) electrons. The highest BCUT2D eigenvalue weighted by atomic mass is 79.9. The van der Waals surface area contributed by atoms with Crippen LogP contribution in [0.5, 0.6) is 0 Å². The molecule has 7 heteroatoms. The molecule has 0 saturated heterocycles. The molecule has 1 aliphatic heterocycles. The van der Waals surface area contributed by atoms with Crippen molar-refractivity contribution in [3.8, 4) is 0 Å². The molecule has 0 spiro atoms. The van der Waals surface area contributed by atoms with Gasteiger partial charge in [-0.2, -0.15) is 10.1 Å². The van der Waals surface area contributed by atoms with Crippen LogP contribution in [0.3, 0.4) is 0 Å². The normalized spacial score (nSPS) is 16.8. The van der Waals surface area contributed by atoms with Crippen LogP contribution >= 0.6 is 31.9 Å². The molecule has 1 atom stereocenters. The number of fused-ring (bicyclic) bond motifs is 1. The van der Waals surface area contributed by atoms with Gasteiger partial charge >= 0.3 is 0 Å². The monoisotopic (exact) mass is 420 g/mol. The van der Waals surface area contributed by atoms with Crippen LogP contribution in [-0.2, 0) is 0 Å². The van der Waals surface area contributed by atoms with E-state index in [1.165, 1.54) is 6.33 Å². The number of hydrogen-bond acceptors (Lipinski definition) is 4. The number of nitrogens with zero attached hydrogens (tertiary/aromatic N) is 3. The van der Waals surface area contributed by atoms with Crippen LogP contribution in [0, 0.1) is 0 Å². The molecule has 110 valence electrons. The molecule has 4 rings (SSSR count). The van der Waals surface area contributed by atoms with E-state index in [0.717, 1.165) is 21.5 Å². The van der Waals surface area contributed by atoms with Crippen molar-refractivity contribution < 1.29 is 4.42 Å². The van der Waals surface area contributed by atoms with Crippen molar-refractivity contribution >= 4 is 43.5 Å². The molecule has 2 aromatic heterocycles. The van der Waals surface area contributed by atoms with Crippen LogP contribution < -0.4 is 5.32 Å². The second-order valence-electron chi connectivity index (χ2n) is 4.83. The van der Waals surface area contributed by atoms with E-state index in [1.54, 1.807) is 4.68 Å². The van der Waals surface area contributed by atoms with E-state index in [9.17, 15) is 0 Å². The van der Waals surface area contributed by atoms with Gasteiger partial charge in [0.2, 0.25) is 5.95 Å². The molecule has 0 aliphatic carbocycles. The molecule has 1 N–H and O–H groups in total. The van der Waals surface area contributed by atoms with E-state index in [1.807, 2.05) is 36.4 Å². The van der Waals surface area contributed by atoms with Crippen molar-refractivity contribution in [2.45, 2.75) is 6.04 Å². The summed E-state index contributed by atoms with van der Waals surface area (Å²) in [4.78, 5) is 4.27. The third kappa shape index (κ3) is 2.40. The first-order valence-electron chi connectivity index (χ1n) is 6.60. The molecular weight excluding hydrogens is 412 g/mol. The zero-order chi connectivity index (χ0) is 15.1. The lowest BCUT2D eigenvalue weighted by Crippen LogP contribution is -2.19. The van der Waals surface area contributed by atoms with Crippen molar-refractivity contribution in [1.82, 2.24) is 14.8 Å². The molecule has 3 heterocycles. The van der Waals surface area contributed by atoms with Crippen molar-refractivity contribution in [2.24, 2.45) is 0 Å². The first-order valence-corrected chi connectivity index (χ1v) is 8.19. The van der Waals surface area contributed by atoms with Crippen LogP contribution in [0.25, 0.3) is 5.70 Å². The Balaban J connectivity index is 1.80. The van der Waals surface area contributed by atoms with Gasteiger partial charge in [0.1, 0.15) is 18.1 Å². The van der Waals surface area contributed by atoms with Crippen LogP contribution in [-0.4, -0.2) is 14.8 Å². The molecule has 3 aromatic rings. The van der Waals surface area contributed by atoms with Gasteiger partial charge in [-0.3, -0.25) is 0 Å². The number of furan rings is 1. The summed E-state index contributed by atoms with van der Waals surface area (Å²) in [6, 6.07) is 11.8. The average molecular weight is 422 g/mol. The number of rotatable bonds is 2. The van der Waals surface area contributed by atoms with Crippen molar-refractivity contribution in [1.29, 1.82) is 0 Å². The van der Waals surface area contributed by atoms with Gasteiger partial charge < -0.3 is 9.73 Å². The zero-order valence-corrected chi connectivity index (χ0v) is 14.4. The smallest absolute Gasteiger partial charge is 0.226 e. The first kappa shape index (κ1) is 13.8. The summed E-state index contributed by atoms with van der Waals surface area (Å²) in [6.07, 6.45) is 3.61. The fourth-order valence-corrected chi connectivity index (χ4v) is 3.00. The maximum atomic E-state index is 5.70. The van der Waals surface area contributed by atoms with E-state index in [-0.39, 0.29) is 6.04 Å². The lowest BCUT2D eigenvalue weighted by atomic mass is 10.1. The summed E-state index contributed by atoms with van der Waals surface area (Å²) < 4.78 is 9.24. The van der Waals surface area contributed by atoms with Gasteiger partial charge in [-0.25, -0.2) is 4.68 Å². The van der Waals surface area contributed by atoms with Gasteiger partial charge in [-0.15, -0.1) is 0 Å². The third-order valence-corrected chi connectivity index (χ3v) is 4.40. The van der Waals surface area contributed by atoms with Crippen LogP contribution in [0.2, 0.25) is 0 Å². The highest BCUT2D eigenvalue weighted by Gasteiger charge is 2.25.